The number of halogens is 1. The zero-order valence-corrected chi connectivity index (χ0v) is 19.0. The molecule has 0 aliphatic carbocycles. The van der Waals surface area contributed by atoms with E-state index in [9.17, 15) is 9.59 Å². The molecule has 2 aliphatic rings. The van der Waals surface area contributed by atoms with Gasteiger partial charge in [-0.05, 0) is 32.0 Å². The number of aryl methyl sites for hydroxylation is 1. The highest BCUT2D eigenvalue weighted by Crippen LogP contribution is 2.36. The molecule has 5 rings (SSSR count). The number of piperazine rings is 1. The van der Waals surface area contributed by atoms with Crippen LogP contribution in [0.1, 0.15) is 28.7 Å². The highest BCUT2D eigenvalue weighted by molar-refractivity contribution is 6.06. The van der Waals surface area contributed by atoms with Crippen molar-refractivity contribution >= 4 is 40.3 Å². The maximum atomic E-state index is 15.5. The van der Waals surface area contributed by atoms with Crippen molar-refractivity contribution in [2.45, 2.75) is 26.9 Å². The molecule has 0 atom stereocenters. The van der Waals surface area contributed by atoms with Crippen LogP contribution in [0.25, 0.3) is 10.9 Å². The standard InChI is InChI=1S/C23H25FN8O2/c1-3-32-22-18-16(26-12-27-22)10-14(19(24)20(18)29-23(32)34)11-30-6-8-31(9-7-30)17-5-4-15(21(25)33)28-13(17)2/h4-5,10,12H,3,6-9,11H2,1-2H3,(H2,25,33)(H,26,27). The molecular formula is C23H25FN8O2. The molecule has 11 heteroatoms. The van der Waals surface area contributed by atoms with E-state index in [1.54, 1.807) is 12.1 Å². The summed E-state index contributed by atoms with van der Waals surface area (Å²) in [5, 5.41) is 3.59. The monoisotopic (exact) mass is 464 g/mol. The van der Waals surface area contributed by atoms with Crippen molar-refractivity contribution in [3.05, 3.63) is 51.5 Å². The van der Waals surface area contributed by atoms with Gasteiger partial charge in [0.15, 0.2) is 5.82 Å². The molecule has 10 nitrogen and oxygen atoms in total. The molecule has 4 heterocycles. The Hall–Kier alpha value is -3.86. The van der Waals surface area contributed by atoms with Gasteiger partial charge in [-0.2, -0.15) is 4.98 Å². The second-order valence-corrected chi connectivity index (χ2v) is 8.41. The summed E-state index contributed by atoms with van der Waals surface area (Å²) >= 11 is 0. The fourth-order valence-corrected chi connectivity index (χ4v) is 4.64. The number of carbonyl (C=O) groups excluding carboxylic acids is 1. The van der Waals surface area contributed by atoms with Gasteiger partial charge in [0, 0.05) is 44.8 Å². The first-order valence-electron chi connectivity index (χ1n) is 11.2. The molecule has 3 N–H and O–H groups in total. The summed E-state index contributed by atoms with van der Waals surface area (Å²) in [7, 11) is 0. The summed E-state index contributed by atoms with van der Waals surface area (Å²) in [4.78, 5) is 40.7. The third kappa shape index (κ3) is 3.67. The van der Waals surface area contributed by atoms with E-state index in [-0.39, 0.29) is 11.2 Å². The fraction of sp³-hybridized carbons (Fsp3) is 0.348. The molecule has 176 valence electrons. The highest BCUT2D eigenvalue weighted by Gasteiger charge is 2.25. The van der Waals surface area contributed by atoms with Crippen LogP contribution in [-0.2, 0) is 13.1 Å². The van der Waals surface area contributed by atoms with E-state index in [1.807, 2.05) is 19.9 Å². The number of hydrogen-bond acceptors (Lipinski definition) is 8. The lowest BCUT2D eigenvalue weighted by Gasteiger charge is -2.36. The second kappa shape index (κ2) is 8.49. The number of benzene rings is 1. The predicted octanol–water partition coefficient (Wildman–Crippen LogP) is 1.77. The van der Waals surface area contributed by atoms with Crippen molar-refractivity contribution in [1.29, 1.82) is 0 Å². The van der Waals surface area contributed by atoms with Gasteiger partial charge in [-0.25, -0.2) is 19.2 Å². The van der Waals surface area contributed by atoms with Crippen LogP contribution in [0.2, 0.25) is 0 Å². The van der Waals surface area contributed by atoms with Gasteiger partial charge < -0.3 is 16.0 Å². The Bertz CT molecular complexity index is 1390. The van der Waals surface area contributed by atoms with Crippen molar-refractivity contribution in [3.63, 3.8) is 0 Å². The van der Waals surface area contributed by atoms with Crippen molar-refractivity contribution in [3.8, 4) is 0 Å². The second-order valence-electron chi connectivity index (χ2n) is 8.41. The number of rotatable bonds is 5. The van der Waals surface area contributed by atoms with Crippen LogP contribution in [0.4, 0.5) is 21.6 Å². The van der Waals surface area contributed by atoms with Crippen LogP contribution in [0.5, 0.6) is 0 Å². The Labute approximate surface area is 194 Å². The summed E-state index contributed by atoms with van der Waals surface area (Å²) in [6.45, 7) is 7.38. The van der Waals surface area contributed by atoms with Gasteiger partial charge in [0.25, 0.3) is 5.91 Å². The van der Waals surface area contributed by atoms with Gasteiger partial charge in [0.05, 0.1) is 28.8 Å². The molecular weight excluding hydrogens is 439 g/mol. The normalized spacial score (nSPS) is 15.6. The van der Waals surface area contributed by atoms with Crippen molar-refractivity contribution in [2.24, 2.45) is 10.7 Å². The Kier molecular flexibility index (Phi) is 5.48. The van der Waals surface area contributed by atoms with E-state index in [0.29, 0.717) is 35.5 Å². The third-order valence-corrected chi connectivity index (χ3v) is 6.37. The maximum absolute atomic E-state index is 15.5. The number of carbonyl (C=O) groups is 1. The Morgan fingerprint density at radius 3 is 2.65 bits per heavy atom. The van der Waals surface area contributed by atoms with Gasteiger partial charge in [0.2, 0.25) is 0 Å². The van der Waals surface area contributed by atoms with Crippen LogP contribution < -0.4 is 21.6 Å². The maximum Gasteiger partial charge on any atom is 0.349 e. The van der Waals surface area contributed by atoms with Crippen molar-refractivity contribution < 1.29 is 9.18 Å². The van der Waals surface area contributed by atoms with Gasteiger partial charge in [-0.3, -0.25) is 14.3 Å². The van der Waals surface area contributed by atoms with Gasteiger partial charge in [-0.1, -0.05) is 0 Å². The minimum Gasteiger partial charge on any atom is -0.368 e. The number of hydrogen-bond donors (Lipinski definition) is 2. The van der Waals surface area contributed by atoms with E-state index < -0.39 is 17.4 Å². The average molecular weight is 465 g/mol. The van der Waals surface area contributed by atoms with Gasteiger partial charge in [0.1, 0.15) is 17.0 Å². The van der Waals surface area contributed by atoms with Crippen LogP contribution in [-0.4, -0.2) is 57.9 Å². The van der Waals surface area contributed by atoms with E-state index >= 15 is 4.39 Å². The van der Waals surface area contributed by atoms with Crippen LogP contribution in [0.3, 0.4) is 0 Å². The summed E-state index contributed by atoms with van der Waals surface area (Å²) in [6, 6.07) is 5.28. The summed E-state index contributed by atoms with van der Waals surface area (Å²) in [5.41, 5.74) is 7.99. The molecule has 0 bridgehead atoms. The predicted molar refractivity (Wildman–Crippen MR) is 128 cm³/mol. The Morgan fingerprint density at radius 1 is 1.21 bits per heavy atom. The lowest BCUT2D eigenvalue weighted by atomic mass is 10.1. The lowest BCUT2D eigenvalue weighted by molar-refractivity contribution is 0.0995. The molecule has 0 saturated carbocycles. The molecule has 0 spiro atoms. The molecule has 0 unspecified atom stereocenters. The molecule has 1 aromatic carbocycles. The molecule has 34 heavy (non-hydrogen) atoms. The van der Waals surface area contributed by atoms with Crippen LogP contribution in [0, 0.1) is 12.7 Å². The number of nitrogens with one attached hydrogen (secondary N) is 1. The number of aromatic nitrogens is 3. The molecule has 1 amide bonds. The number of nitrogens with zero attached hydrogens (tertiary/aromatic N) is 6. The van der Waals surface area contributed by atoms with Crippen molar-refractivity contribution in [2.75, 3.05) is 36.4 Å². The number of amides is 1. The third-order valence-electron chi connectivity index (χ3n) is 6.37. The zero-order chi connectivity index (χ0) is 24.0. The van der Waals surface area contributed by atoms with Gasteiger partial charge in [-0.15, -0.1) is 0 Å². The van der Waals surface area contributed by atoms with Crippen molar-refractivity contribution in [1.82, 2.24) is 19.4 Å². The minimum atomic E-state index is -0.549. The summed E-state index contributed by atoms with van der Waals surface area (Å²) < 4.78 is 16.9. The van der Waals surface area contributed by atoms with E-state index in [0.717, 1.165) is 37.6 Å². The summed E-state index contributed by atoms with van der Waals surface area (Å²) in [6.07, 6.45) is 1.52. The first-order chi connectivity index (χ1) is 16.4. The number of aliphatic imine (C=N–C) groups is 1. The van der Waals surface area contributed by atoms with Crippen LogP contribution in [0.15, 0.2) is 28.0 Å². The Balaban J connectivity index is 1.37. The van der Waals surface area contributed by atoms with E-state index in [1.165, 1.54) is 10.9 Å². The zero-order valence-electron chi connectivity index (χ0n) is 19.0. The number of anilines is 2. The average Bonchev–Trinajstić information content (AvgIpc) is 2.82. The van der Waals surface area contributed by atoms with Gasteiger partial charge >= 0.3 is 5.69 Å². The highest BCUT2D eigenvalue weighted by atomic mass is 19.1. The smallest absolute Gasteiger partial charge is 0.349 e. The number of primary amides is 1. The fourth-order valence-electron chi connectivity index (χ4n) is 4.64. The molecule has 2 aliphatic heterocycles. The number of pyridine rings is 1. The Morgan fingerprint density at radius 2 is 1.97 bits per heavy atom. The van der Waals surface area contributed by atoms with E-state index in [2.05, 4.69) is 30.1 Å². The molecule has 1 fully saturated rings. The molecule has 2 aromatic heterocycles. The minimum absolute atomic E-state index is 0.0522. The number of nitrogens with two attached hydrogens (primary N) is 1. The molecule has 3 aromatic rings. The topological polar surface area (TPSA) is 122 Å². The largest absolute Gasteiger partial charge is 0.368 e. The summed E-state index contributed by atoms with van der Waals surface area (Å²) in [5.74, 6) is -0.604. The molecule has 1 saturated heterocycles. The van der Waals surface area contributed by atoms with Crippen LogP contribution >= 0.6 is 0 Å². The molecule has 0 radical (unpaired) electrons. The lowest BCUT2D eigenvalue weighted by Crippen LogP contribution is -2.46. The quantitative estimate of drug-likeness (QED) is 0.590. The first-order valence-corrected chi connectivity index (χ1v) is 11.2. The first kappa shape index (κ1) is 22.0. The van der Waals surface area contributed by atoms with E-state index in [4.69, 9.17) is 5.73 Å². The SMILES string of the molecule is CCn1c2c3c(cc(CN4CCN(c5ccc(C(N)=O)nc5C)CC4)c(F)c3nc1=O)NC=N2.